The molecule has 0 aliphatic heterocycles. The van der Waals surface area contributed by atoms with Crippen molar-refractivity contribution in [2.75, 3.05) is 0 Å². The predicted molar refractivity (Wildman–Crippen MR) is 233 cm³/mol. The third-order valence-corrected chi connectivity index (χ3v) is 12.9. The zero-order valence-electron chi connectivity index (χ0n) is 29.7. The molecule has 262 valence electrons. The Morgan fingerprint density at radius 2 is 0.732 bits per heavy atom. The highest BCUT2D eigenvalue weighted by Crippen LogP contribution is 2.50. The van der Waals surface area contributed by atoms with E-state index in [1.165, 1.54) is 20.2 Å². The SMILES string of the molecule is c1ccc(-c2c(-c3c(-c4ccccc4)n(-c4ncc5c(n4)sc4ccccc45)c4ccccc34)c3ccccc3n2-c2ncc3c(n2)sc2ccccc23)cc1. The first-order valence-electron chi connectivity index (χ1n) is 18.5. The van der Waals surface area contributed by atoms with Crippen LogP contribution in [0, 0.1) is 0 Å². The van der Waals surface area contributed by atoms with Crippen LogP contribution >= 0.6 is 22.7 Å². The third-order valence-electron chi connectivity index (χ3n) is 10.7. The van der Waals surface area contributed by atoms with Gasteiger partial charge in [0.2, 0.25) is 11.9 Å². The highest BCUT2D eigenvalue weighted by atomic mass is 32.1. The topological polar surface area (TPSA) is 61.4 Å². The lowest BCUT2D eigenvalue weighted by Gasteiger charge is -2.14. The second kappa shape index (κ2) is 12.3. The van der Waals surface area contributed by atoms with Crippen molar-refractivity contribution in [2.24, 2.45) is 0 Å². The monoisotopic (exact) mass is 752 g/mol. The quantitative estimate of drug-likeness (QED) is 0.176. The fraction of sp³-hybridized carbons (Fsp3) is 0. The smallest absolute Gasteiger partial charge is 0.236 e. The summed E-state index contributed by atoms with van der Waals surface area (Å²) in [6, 6.07) is 55.5. The fourth-order valence-corrected chi connectivity index (χ4v) is 10.4. The van der Waals surface area contributed by atoms with Crippen molar-refractivity contribution in [1.82, 2.24) is 29.1 Å². The molecule has 12 aromatic rings. The van der Waals surface area contributed by atoms with E-state index in [0.717, 1.165) is 75.9 Å². The van der Waals surface area contributed by atoms with E-state index >= 15 is 0 Å². The number of hydrogen-bond acceptors (Lipinski definition) is 6. The van der Waals surface area contributed by atoms with Crippen LogP contribution in [0.4, 0.5) is 0 Å². The Bertz CT molecular complexity index is 3250. The standard InChI is InChI=1S/C48H28N6S2/c1-3-15-29(16-4-1)43-41(33-21-7-11-23-37(33)53(43)47-49-27-35-31-19-9-13-25-39(31)55-45(35)51-47)42-34-22-8-12-24-38(34)54(44(42)30-17-5-2-6-18-30)48-50-28-36-32-20-10-14-26-40(32)56-46(36)52-48/h1-28H. The van der Waals surface area contributed by atoms with Gasteiger partial charge in [-0.1, -0.05) is 133 Å². The number of fused-ring (bicyclic) bond motifs is 8. The van der Waals surface area contributed by atoms with Crippen LogP contribution in [0.3, 0.4) is 0 Å². The third kappa shape index (κ3) is 4.60. The van der Waals surface area contributed by atoms with Crippen LogP contribution < -0.4 is 0 Å². The zero-order valence-corrected chi connectivity index (χ0v) is 31.3. The molecule has 0 amide bonds. The molecule has 56 heavy (non-hydrogen) atoms. The minimum absolute atomic E-state index is 0.633. The number of rotatable bonds is 5. The number of hydrogen-bond donors (Lipinski definition) is 0. The Hall–Kier alpha value is -7.00. The van der Waals surface area contributed by atoms with Gasteiger partial charge in [0.05, 0.1) is 22.4 Å². The number of benzene rings is 6. The van der Waals surface area contributed by atoms with Crippen LogP contribution in [-0.4, -0.2) is 29.1 Å². The van der Waals surface area contributed by atoms with Crippen molar-refractivity contribution < 1.29 is 0 Å². The maximum atomic E-state index is 5.31. The lowest BCUT2D eigenvalue weighted by Crippen LogP contribution is -2.04. The van der Waals surface area contributed by atoms with Gasteiger partial charge in [-0.15, -0.1) is 22.7 Å². The van der Waals surface area contributed by atoms with Gasteiger partial charge in [0.1, 0.15) is 9.66 Å². The van der Waals surface area contributed by atoms with Crippen molar-refractivity contribution in [3.8, 4) is 45.5 Å². The van der Waals surface area contributed by atoms with Gasteiger partial charge >= 0.3 is 0 Å². The van der Waals surface area contributed by atoms with Gasteiger partial charge < -0.3 is 0 Å². The summed E-state index contributed by atoms with van der Waals surface area (Å²) in [5.74, 6) is 1.27. The largest absolute Gasteiger partial charge is 0.277 e. The maximum Gasteiger partial charge on any atom is 0.236 e. The predicted octanol–water partition coefficient (Wildman–Crippen LogP) is 12.9. The molecule has 6 nitrogen and oxygen atoms in total. The molecular weight excluding hydrogens is 725 g/mol. The minimum atomic E-state index is 0.633. The second-order valence-corrected chi connectivity index (χ2v) is 15.9. The Morgan fingerprint density at radius 3 is 1.18 bits per heavy atom. The molecule has 12 rings (SSSR count). The Morgan fingerprint density at radius 1 is 0.357 bits per heavy atom. The molecule has 0 radical (unpaired) electrons. The fourth-order valence-electron chi connectivity index (χ4n) is 8.36. The van der Waals surface area contributed by atoms with E-state index in [9.17, 15) is 0 Å². The van der Waals surface area contributed by atoms with Gasteiger partial charge in [-0.2, -0.15) is 0 Å². The number of para-hydroxylation sites is 2. The van der Waals surface area contributed by atoms with Crippen LogP contribution in [-0.2, 0) is 0 Å². The minimum Gasteiger partial charge on any atom is -0.277 e. The molecule has 0 N–H and O–H groups in total. The molecule has 0 saturated carbocycles. The summed E-state index contributed by atoms with van der Waals surface area (Å²) in [5.41, 5.74) is 8.44. The molecule has 6 aromatic carbocycles. The Labute approximate surface area is 328 Å². The summed E-state index contributed by atoms with van der Waals surface area (Å²) < 4.78 is 6.91. The highest BCUT2D eigenvalue weighted by molar-refractivity contribution is 7.25. The average Bonchev–Trinajstić information content (AvgIpc) is 4.01. The molecule has 8 heteroatoms. The van der Waals surface area contributed by atoms with Gasteiger partial charge in [-0.25, -0.2) is 19.9 Å². The van der Waals surface area contributed by atoms with Crippen molar-refractivity contribution in [3.05, 3.63) is 170 Å². The molecule has 0 aliphatic rings. The Balaban J connectivity index is 1.22. The van der Waals surface area contributed by atoms with E-state index in [4.69, 9.17) is 19.9 Å². The first kappa shape index (κ1) is 31.4. The first-order valence-corrected chi connectivity index (χ1v) is 20.1. The Kier molecular flexibility index (Phi) is 6.87. The van der Waals surface area contributed by atoms with Gasteiger partial charge in [-0.05, 0) is 35.4 Å². The van der Waals surface area contributed by atoms with Crippen LogP contribution in [0.25, 0.3) is 108 Å². The molecule has 6 aromatic heterocycles. The summed E-state index contributed by atoms with van der Waals surface area (Å²) in [5, 5.41) is 6.70. The number of aromatic nitrogens is 6. The summed E-state index contributed by atoms with van der Waals surface area (Å²) in [6.45, 7) is 0. The van der Waals surface area contributed by atoms with Gasteiger partial charge in [0, 0.05) is 65.2 Å². The van der Waals surface area contributed by atoms with Crippen molar-refractivity contribution in [2.45, 2.75) is 0 Å². The molecule has 0 unspecified atom stereocenters. The van der Waals surface area contributed by atoms with Crippen molar-refractivity contribution in [1.29, 1.82) is 0 Å². The molecule has 0 atom stereocenters. The summed E-state index contributed by atoms with van der Waals surface area (Å²) >= 11 is 3.41. The summed E-state index contributed by atoms with van der Waals surface area (Å²) in [4.78, 5) is 22.8. The van der Waals surface area contributed by atoms with Crippen LogP contribution in [0.2, 0.25) is 0 Å². The van der Waals surface area contributed by atoms with E-state index in [2.05, 4.69) is 167 Å². The lowest BCUT2D eigenvalue weighted by atomic mass is 9.93. The molecule has 0 spiro atoms. The summed E-state index contributed by atoms with van der Waals surface area (Å²) in [7, 11) is 0. The van der Waals surface area contributed by atoms with Gasteiger partial charge in [0.25, 0.3) is 0 Å². The number of thiophene rings is 2. The maximum absolute atomic E-state index is 5.31. The first-order chi connectivity index (χ1) is 27.8. The van der Waals surface area contributed by atoms with Crippen LogP contribution in [0.1, 0.15) is 0 Å². The van der Waals surface area contributed by atoms with E-state index in [1.807, 2.05) is 12.4 Å². The lowest BCUT2D eigenvalue weighted by molar-refractivity contribution is 0.988. The van der Waals surface area contributed by atoms with Crippen molar-refractivity contribution in [3.63, 3.8) is 0 Å². The average molecular weight is 753 g/mol. The highest BCUT2D eigenvalue weighted by Gasteiger charge is 2.30. The van der Waals surface area contributed by atoms with Gasteiger partial charge in [0.15, 0.2) is 0 Å². The van der Waals surface area contributed by atoms with E-state index < -0.39 is 0 Å². The molecule has 0 bridgehead atoms. The van der Waals surface area contributed by atoms with Gasteiger partial charge in [-0.3, -0.25) is 9.13 Å². The van der Waals surface area contributed by atoms with E-state index in [1.54, 1.807) is 22.7 Å². The molecule has 0 fully saturated rings. The molecule has 0 saturated heterocycles. The molecule has 0 aliphatic carbocycles. The van der Waals surface area contributed by atoms with Crippen molar-refractivity contribution >= 4 is 85.1 Å². The normalized spacial score (nSPS) is 11.9. The van der Waals surface area contributed by atoms with E-state index in [-0.39, 0.29) is 0 Å². The molecular formula is C48H28N6S2. The second-order valence-electron chi connectivity index (χ2n) is 13.9. The number of nitrogens with zero attached hydrogens (tertiary/aromatic N) is 6. The van der Waals surface area contributed by atoms with Crippen LogP contribution in [0.5, 0.6) is 0 Å². The van der Waals surface area contributed by atoms with Crippen LogP contribution in [0.15, 0.2) is 170 Å². The van der Waals surface area contributed by atoms with E-state index in [0.29, 0.717) is 11.9 Å². The summed E-state index contributed by atoms with van der Waals surface area (Å²) in [6.07, 6.45) is 3.98. The zero-order chi connectivity index (χ0) is 36.7. The molecule has 6 heterocycles.